The van der Waals surface area contributed by atoms with Crippen molar-refractivity contribution < 1.29 is 9.53 Å². The van der Waals surface area contributed by atoms with E-state index in [4.69, 9.17) is 4.74 Å². The number of nitrogens with one attached hydrogen (secondary N) is 1. The molecule has 3 heteroatoms. The van der Waals surface area contributed by atoms with Gasteiger partial charge in [0, 0.05) is 6.54 Å². The van der Waals surface area contributed by atoms with Gasteiger partial charge in [-0.3, -0.25) is 0 Å². The topological polar surface area (TPSA) is 38.3 Å². The standard InChI is InChI=1S/C9H17NO2/c1-5-12-9(11)8(4)10-6-7(2)3/h7,10H,4-6H2,1-3H3. The van der Waals surface area contributed by atoms with Gasteiger partial charge in [-0.2, -0.15) is 0 Å². The average molecular weight is 171 g/mol. The highest BCUT2D eigenvalue weighted by atomic mass is 16.5. The average Bonchev–Trinajstić information content (AvgIpc) is 2.00. The Hall–Kier alpha value is -0.990. The van der Waals surface area contributed by atoms with Crippen LogP contribution in [-0.4, -0.2) is 19.1 Å². The number of hydrogen-bond donors (Lipinski definition) is 1. The summed E-state index contributed by atoms with van der Waals surface area (Å²) in [6.45, 7) is 10.6. The fraction of sp³-hybridized carbons (Fsp3) is 0.667. The Labute approximate surface area is 73.8 Å². The second-order valence-corrected chi connectivity index (χ2v) is 2.97. The van der Waals surface area contributed by atoms with E-state index in [9.17, 15) is 4.79 Å². The summed E-state index contributed by atoms with van der Waals surface area (Å²) in [5, 5.41) is 2.90. The molecular formula is C9H17NO2. The van der Waals surface area contributed by atoms with Crippen LogP contribution >= 0.6 is 0 Å². The molecule has 70 valence electrons. The molecule has 0 saturated carbocycles. The van der Waals surface area contributed by atoms with Gasteiger partial charge in [-0.1, -0.05) is 20.4 Å². The van der Waals surface area contributed by atoms with E-state index in [0.717, 1.165) is 6.54 Å². The van der Waals surface area contributed by atoms with Crippen LogP contribution in [0.2, 0.25) is 0 Å². The van der Waals surface area contributed by atoms with E-state index in [2.05, 4.69) is 25.7 Å². The second kappa shape index (κ2) is 5.63. The minimum atomic E-state index is -0.363. The summed E-state index contributed by atoms with van der Waals surface area (Å²) in [5.41, 5.74) is 0.338. The molecule has 0 aromatic heterocycles. The molecule has 0 bridgehead atoms. The number of carbonyl (C=O) groups is 1. The number of ether oxygens (including phenoxy) is 1. The zero-order valence-corrected chi connectivity index (χ0v) is 8.02. The third-order valence-electron chi connectivity index (χ3n) is 1.25. The monoisotopic (exact) mass is 171 g/mol. The predicted octanol–water partition coefficient (Wildman–Crippen LogP) is 1.31. The highest BCUT2D eigenvalue weighted by molar-refractivity contribution is 5.86. The largest absolute Gasteiger partial charge is 0.461 e. The minimum absolute atomic E-state index is 0.338. The Morgan fingerprint density at radius 2 is 2.17 bits per heavy atom. The lowest BCUT2D eigenvalue weighted by atomic mass is 10.2. The van der Waals surface area contributed by atoms with Gasteiger partial charge in [-0.15, -0.1) is 0 Å². The quantitative estimate of drug-likeness (QED) is 0.500. The van der Waals surface area contributed by atoms with E-state index in [1.807, 2.05) is 0 Å². The molecule has 0 spiro atoms. The van der Waals surface area contributed by atoms with Crippen LogP contribution in [0.1, 0.15) is 20.8 Å². The number of carbonyl (C=O) groups excluding carboxylic acids is 1. The van der Waals surface area contributed by atoms with E-state index >= 15 is 0 Å². The first kappa shape index (κ1) is 11.0. The fourth-order valence-corrected chi connectivity index (χ4v) is 0.618. The number of hydrogen-bond acceptors (Lipinski definition) is 3. The zero-order chi connectivity index (χ0) is 9.56. The molecule has 12 heavy (non-hydrogen) atoms. The first-order chi connectivity index (χ1) is 5.57. The molecule has 0 heterocycles. The molecule has 0 amide bonds. The Balaban J connectivity index is 3.65. The molecule has 1 N–H and O–H groups in total. The molecule has 0 atom stereocenters. The van der Waals surface area contributed by atoms with Crippen LogP contribution in [0.5, 0.6) is 0 Å². The number of rotatable bonds is 5. The zero-order valence-electron chi connectivity index (χ0n) is 8.02. The van der Waals surface area contributed by atoms with Crippen molar-refractivity contribution in [3.05, 3.63) is 12.3 Å². The molecule has 0 aromatic carbocycles. The summed E-state index contributed by atoms with van der Waals surface area (Å²) in [5.74, 6) is 0.134. The molecule has 0 rings (SSSR count). The third-order valence-corrected chi connectivity index (χ3v) is 1.25. The number of esters is 1. The van der Waals surface area contributed by atoms with Crippen LogP contribution in [0.3, 0.4) is 0 Å². The van der Waals surface area contributed by atoms with Crippen molar-refractivity contribution in [3.63, 3.8) is 0 Å². The maximum absolute atomic E-state index is 11.0. The van der Waals surface area contributed by atoms with Crippen molar-refractivity contribution in [1.29, 1.82) is 0 Å². The molecule has 3 nitrogen and oxygen atoms in total. The molecule has 0 aromatic rings. The van der Waals surface area contributed by atoms with Gasteiger partial charge in [-0.05, 0) is 12.8 Å². The smallest absolute Gasteiger partial charge is 0.353 e. The van der Waals surface area contributed by atoms with E-state index in [0.29, 0.717) is 18.2 Å². The molecule has 0 aliphatic heterocycles. The van der Waals surface area contributed by atoms with E-state index in [1.54, 1.807) is 6.92 Å². The normalized spacial score (nSPS) is 9.67. The van der Waals surface area contributed by atoms with Gasteiger partial charge in [0.15, 0.2) is 0 Å². The molecule has 0 radical (unpaired) electrons. The summed E-state index contributed by atoms with van der Waals surface area (Å²) < 4.78 is 4.73. The van der Waals surface area contributed by atoms with Gasteiger partial charge >= 0.3 is 5.97 Å². The van der Waals surface area contributed by atoms with Crippen molar-refractivity contribution in [3.8, 4) is 0 Å². The van der Waals surface area contributed by atoms with Gasteiger partial charge in [-0.25, -0.2) is 4.79 Å². The minimum Gasteiger partial charge on any atom is -0.461 e. The van der Waals surface area contributed by atoms with Gasteiger partial charge in [0.25, 0.3) is 0 Å². The fourth-order valence-electron chi connectivity index (χ4n) is 0.618. The summed E-state index contributed by atoms with van der Waals surface area (Å²) in [6.07, 6.45) is 0. The van der Waals surface area contributed by atoms with Crippen molar-refractivity contribution in [2.75, 3.05) is 13.2 Å². The lowest BCUT2D eigenvalue weighted by Crippen LogP contribution is -2.24. The van der Waals surface area contributed by atoms with E-state index in [1.165, 1.54) is 0 Å². The summed E-state index contributed by atoms with van der Waals surface area (Å²) in [4.78, 5) is 11.0. The van der Waals surface area contributed by atoms with Crippen LogP contribution < -0.4 is 5.32 Å². The molecule has 0 unspecified atom stereocenters. The molecular weight excluding hydrogens is 154 g/mol. The maximum Gasteiger partial charge on any atom is 0.353 e. The van der Waals surface area contributed by atoms with Gasteiger partial charge in [0.05, 0.1) is 6.61 Å². The highest BCUT2D eigenvalue weighted by Gasteiger charge is 2.06. The van der Waals surface area contributed by atoms with Crippen molar-refractivity contribution in [2.45, 2.75) is 20.8 Å². The second-order valence-electron chi connectivity index (χ2n) is 2.97. The lowest BCUT2D eigenvalue weighted by Gasteiger charge is -2.09. The van der Waals surface area contributed by atoms with Gasteiger partial charge < -0.3 is 10.1 Å². The van der Waals surface area contributed by atoms with E-state index < -0.39 is 0 Å². The van der Waals surface area contributed by atoms with Gasteiger partial charge in [0.2, 0.25) is 0 Å². The third kappa shape index (κ3) is 4.77. The highest BCUT2D eigenvalue weighted by Crippen LogP contribution is 1.93. The summed E-state index contributed by atoms with van der Waals surface area (Å²) in [7, 11) is 0. The van der Waals surface area contributed by atoms with Crippen LogP contribution in [-0.2, 0) is 9.53 Å². The van der Waals surface area contributed by atoms with Crippen LogP contribution in [0.4, 0.5) is 0 Å². The SMILES string of the molecule is C=C(NCC(C)C)C(=O)OCC. The van der Waals surface area contributed by atoms with Crippen molar-refractivity contribution in [1.82, 2.24) is 5.32 Å². The Bertz CT molecular complexity index is 164. The first-order valence-electron chi connectivity index (χ1n) is 4.17. The molecule has 0 fully saturated rings. The predicted molar refractivity (Wildman–Crippen MR) is 48.6 cm³/mol. The summed E-state index contributed by atoms with van der Waals surface area (Å²) in [6, 6.07) is 0. The van der Waals surface area contributed by atoms with Crippen molar-refractivity contribution >= 4 is 5.97 Å². The maximum atomic E-state index is 11.0. The Morgan fingerprint density at radius 3 is 2.58 bits per heavy atom. The van der Waals surface area contributed by atoms with E-state index in [-0.39, 0.29) is 5.97 Å². The Morgan fingerprint density at radius 1 is 1.58 bits per heavy atom. The van der Waals surface area contributed by atoms with Crippen LogP contribution in [0.15, 0.2) is 12.3 Å². The Kier molecular flexibility index (Phi) is 5.17. The first-order valence-corrected chi connectivity index (χ1v) is 4.17. The van der Waals surface area contributed by atoms with Crippen molar-refractivity contribution in [2.24, 2.45) is 5.92 Å². The molecule has 0 aliphatic rings. The van der Waals surface area contributed by atoms with Crippen LogP contribution in [0, 0.1) is 5.92 Å². The summed E-state index contributed by atoms with van der Waals surface area (Å²) >= 11 is 0. The molecule has 0 aliphatic carbocycles. The van der Waals surface area contributed by atoms with Gasteiger partial charge in [0.1, 0.15) is 5.70 Å². The van der Waals surface area contributed by atoms with Crippen LogP contribution in [0.25, 0.3) is 0 Å². The molecule has 0 saturated heterocycles. The lowest BCUT2D eigenvalue weighted by molar-refractivity contribution is -0.138.